The van der Waals surface area contributed by atoms with Crippen molar-refractivity contribution in [1.29, 1.82) is 0 Å². The quantitative estimate of drug-likeness (QED) is 0.663. The fourth-order valence-electron chi connectivity index (χ4n) is 2.34. The van der Waals surface area contributed by atoms with Crippen LogP contribution in [0.5, 0.6) is 0 Å². The highest BCUT2D eigenvalue weighted by Gasteiger charge is 2.38. The molecule has 0 aromatic heterocycles. The predicted octanol–water partition coefficient (Wildman–Crippen LogP) is 1.39. The van der Waals surface area contributed by atoms with Crippen molar-refractivity contribution in [2.75, 3.05) is 6.54 Å². The average Bonchev–Trinajstić information content (AvgIpc) is 2.91. The summed E-state index contributed by atoms with van der Waals surface area (Å²) in [4.78, 5) is 11.5. The molecule has 2 aliphatic carbocycles. The predicted molar refractivity (Wildman–Crippen MR) is 62.1 cm³/mol. The smallest absolute Gasteiger partial charge is 0.315 e. The minimum absolute atomic E-state index is 0.121. The summed E-state index contributed by atoms with van der Waals surface area (Å²) in [5, 5.41) is 15.5. The van der Waals surface area contributed by atoms with Gasteiger partial charge in [0.15, 0.2) is 0 Å². The fourth-order valence-corrected chi connectivity index (χ4v) is 2.34. The van der Waals surface area contributed by atoms with Crippen LogP contribution in [0.25, 0.3) is 0 Å². The number of carbonyl (C=O) groups is 1. The van der Waals surface area contributed by atoms with Crippen molar-refractivity contribution in [3.8, 4) is 0 Å². The van der Waals surface area contributed by atoms with Crippen molar-refractivity contribution in [2.45, 2.75) is 57.1 Å². The van der Waals surface area contributed by atoms with Gasteiger partial charge in [-0.15, -0.1) is 0 Å². The Morgan fingerprint density at radius 3 is 2.81 bits per heavy atom. The molecule has 0 aromatic rings. The van der Waals surface area contributed by atoms with E-state index in [9.17, 15) is 9.90 Å². The molecule has 0 aromatic carbocycles. The van der Waals surface area contributed by atoms with Gasteiger partial charge >= 0.3 is 6.03 Å². The standard InChI is InChI=1S/C12H22N2O2/c1-2-4-9-7-10(9)14-11(15)13-8-12(16)5-3-6-12/h9-10,16H,2-8H2,1H3,(H2,13,14,15). The van der Waals surface area contributed by atoms with Crippen LogP contribution in [0.3, 0.4) is 0 Å². The van der Waals surface area contributed by atoms with Crippen molar-refractivity contribution >= 4 is 6.03 Å². The zero-order valence-corrected chi connectivity index (χ0v) is 9.96. The van der Waals surface area contributed by atoms with Gasteiger partial charge < -0.3 is 15.7 Å². The second kappa shape index (κ2) is 4.62. The van der Waals surface area contributed by atoms with Crippen LogP contribution in [0.1, 0.15) is 45.4 Å². The number of urea groups is 1. The number of aliphatic hydroxyl groups is 1. The molecule has 0 bridgehead atoms. The first kappa shape index (κ1) is 11.7. The van der Waals surface area contributed by atoms with Crippen LogP contribution in [-0.4, -0.2) is 29.3 Å². The number of nitrogens with one attached hydrogen (secondary N) is 2. The molecule has 2 unspecified atom stereocenters. The van der Waals surface area contributed by atoms with Gasteiger partial charge in [0.05, 0.1) is 5.60 Å². The molecule has 0 heterocycles. The Labute approximate surface area is 96.8 Å². The van der Waals surface area contributed by atoms with E-state index >= 15 is 0 Å². The minimum Gasteiger partial charge on any atom is -0.388 e. The maximum absolute atomic E-state index is 11.5. The van der Waals surface area contributed by atoms with Crippen LogP contribution in [0.4, 0.5) is 4.79 Å². The fraction of sp³-hybridized carbons (Fsp3) is 0.917. The Kier molecular flexibility index (Phi) is 3.38. The molecular weight excluding hydrogens is 204 g/mol. The number of hydrogen-bond donors (Lipinski definition) is 3. The number of rotatable bonds is 5. The third-order valence-electron chi connectivity index (χ3n) is 3.76. The highest BCUT2D eigenvalue weighted by atomic mass is 16.3. The summed E-state index contributed by atoms with van der Waals surface area (Å²) < 4.78 is 0. The highest BCUT2D eigenvalue weighted by Crippen LogP contribution is 2.34. The van der Waals surface area contributed by atoms with Crippen LogP contribution >= 0.6 is 0 Å². The van der Waals surface area contributed by atoms with Gasteiger partial charge in [0.25, 0.3) is 0 Å². The lowest BCUT2D eigenvalue weighted by Crippen LogP contribution is -2.50. The maximum Gasteiger partial charge on any atom is 0.315 e. The minimum atomic E-state index is -0.621. The van der Waals surface area contributed by atoms with E-state index in [1.807, 2.05) is 0 Å². The summed E-state index contributed by atoms with van der Waals surface area (Å²) >= 11 is 0. The van der Waals surface area contributed by atoms with Crippen molar-refractivity contribution in [3.05, 3.63) is 0 Å². The molecule has 4 nitrogen and oxygen atoms in total. The highest BCUT2D eigenvalue weighted by molar-refractivity contribution is 5.74. The van der Waals surface area contributed by atoms with Gasteiger partial charge in [-0.2, -0.15) is 0 Å². The summed E-state index contributed by atoms with van der Waals surface area (Å²) in [6, 6.07) is 0.250. The molecule has 4 heteroatoms. The van der Waals surface area contributed by atoms with Crippen LogP contribution in [0.15, 0.2) is 0 Å². The van der Waals surface area contributed by atoms with E-state index in [0.29, 0.717) is 18.5 Å². The van der Waals surface area contributed by atoms with Crippen molar-refractivity contribution < 1.29 is 9.90 Å². The lowest BCUT2D eigenvalue weighted by Gasteiger charge is -2.36. The molecule has 0 spiro atoms. The summed E-state index contributed by atoms with van der Waals surface area (Å²) in [6.45, 7) is 2.56. The van der Waals surface area contributed by atoms with E-state index < -0.39 is 5.60 Å². The lowest BCUT2D eigenvalue weighted by molar-refractivity contribution is -0.0290. The molecule has 92 valence electrons. The third-order valence-corrected chi connectivity index (χ3v) is 3.76. The lowest BCUT2D eigenvalue weighted by atomic mass is 9.80. The Balaban J connectivity index is 1.58. The van der Waals surface area contributed by atoms with Crippen LogP contribution in [-0.2, 0) is 0 Å². The normalized spacial score (nSPS) is 30.4. The molecule has 0 saturated heterocycles. The second-order valence-electron chi connectivity index (χ2n) is 5.30. The third kappa shape index (κ3) is 2.88. The number of amides is 2. The molecule has 0 aliphatic heterocycles. The average molecular weight is 226 g/mol. The first-order chi connectivity index (χ1) is 7.63. The van der Waals surface area contributed by atoms with Crippen molar-refractivity contribution in [2.24, 2.45) is 5.92 Å². The van der Waals surface area contributed by atoms with Crippen LogP contribution < -0.4 is 10.6 Å². The summed E-state index contributed by atoms with van der Waals surface area (Å²) in [5.41, 5.74) is -0.621. The Morgan fingerprint density at radius 1 is 1.50 bits per heavy atom. The molecule has 2 atom stereocenters. The number of carbonyl (C=O) groups excluding carboxylic acids is 1. The molecule has 2 fully saturated rings. The van der Waals surface area contributed by atoms with Gasteiger partial charge in [-0.1, -0.05) is 13.3 Å². The van der Waals surface area contributed by atoms with Crippen LogP contribution in [0.2, 0.25) is 0 Å². The zero-order chi connectivity index (χ0) is 11.6. The van der Waals surface area contributed by atoms with Crippen molar-refractivity contribution in [1.82, 2.24) is 10.6 Å². The first-order valence-corrected chi connectivity index (χ1v) is 6.40. The molecule has 3 N–H and O–H groups in total. The van der Waals surface area contributed by atoms with Gasteiger partial charge in [-0.25, -0.2) is 4.79 Å². The zero-order valence-electron chi connectivity index (χ0n) is 9.96. The van der Waals surface area contributed by atoms with Gasteiger partial charge in [0.1, 0.15) is 0 Å². The Bertz CT molecular complexity index is 264. The summed E-state index contributed by atoms with van der Waals surface area (Å²) in [7, 11) is 0. The van der Waals surface area contributed by atoms with Gasteiger partial charge in [-0.05, 0) is 38.0 Å². The van der Waals surface area contributed by atoms with Crippen molar-refractivity contribution in [3.63, 3.8) is 0 Å². The van der Waals surface area contributed by atoms with E-state index in [4.69, 9.17) is 0 Å². The number of hydrogen-bond acceptors (Lipinski definition) is 2. The summed E-state index contributed by atoms with van der Waals surface area (Å²) in [6.07, 6.45) is 6.20. The van der Waals surface area contributed by atoms with E-state index in [2.05, 4.69) is 17.6 Å². The van der Waals surface area contributed by atoms with Gasteiger partial charge in [0.2, 0.25) is 0 Å². The largest absolute Gasteiger partial charge is 0.388 e. The first-order valence-electron chi connectivity index (χ1n) is 6.40. The monoisotopic (exact) mass is 226 g/mol. The molecule has 0 radical (unpaired) electrons. The second-order valence-corrected chi connectivity index (χ2v) is 5.30. The van der Waals surface area contributed by atoms with E-state index in [1.54, 1.807) is 0 Å². The molecule has 2 saturated carbocycles. The van der Waals surface area contributed by atoms with Gasteiger partial charge in [0, 0.05) is 12.6 Å². The Morgan fingerprint density at radius 2 is 2.25 bits per heavy atom. The van der Waals surface area contributed by atoms with E-state index in [1.165, 1.54) is 12.8 Å². The SMILES string of the molecule is CCCC1CC1NC(=O)NCC1(O)CCC1. The molecule has 2 rings (SSSR count). The summed E-state index contributed by atoms with van der Waals surface area (Å²) in [5.74, 6) is 0.683. The van der Waals surface area contributed by atoms with Gasteiger partial charge in [-0.3, -0.25) is 0 Å². The molecule has 16 heavy (non-hydrogen) atoms. The topological polar surface area (TPSA) is 61.4 Å². The maximum atomic E-state index is 11.5. The molecule has 2 amide bonds. The van der Waals surface area contributed by atoms with E-state index in [0.717, 1.165) is 25.7 Å². The van der Waals surface area contributed by atoms with E-state index in [-0.39, 0.29) is 6.03 Å². The molecular formula is C12H22N2O2. The molecule has 2 aliphatic rings. The van der Waals surface area contributed by atoms with Crippen LogP contribution in [0, 0.1) is 5.92 Å². The Hall–Kier alpha value is -0.770.